The highest BCUT2D eigenvalue weighted by molar-refractivity contribution is 5.28. The van der Waals surface area contributed by atoms with Gasteiger partial charge in [-0.3, -0.25) is 0 Å². The van der Waals surface area contributed by atoms with Crippen molar-refractivity contribution in [3.8, 4) is 5.75 Å². The Labute approximate surface area is 111 Å². The zero-order valence-electron chi connectivity index (χ0n) is 11.8. The van der Waals surface area contributed by atoms with Gasteiger partial charge in [0.05, 0.1) is 6.61 Å². The van der Waals surface area contributed by atoms with Crippen LogP contribution in [0.2, 0.25) is 0 Å². The highest BCUT2D eigenvalue weighted by Gasteiger charge is 2.04. The number of ether oxygens (including phenoxy) is 1. The van der Waals surface area contributed by atoms with Crippen LogP contribution in [0.4, 0.5) is 0 Å². The number of nitrogens with two attached hydrogens (primary N) is 1. The van der Waals surface area contributed by atoms with Gasteiger partial charge in [-0.05, 0) is 50.0 Å². The van der Waals surface area contributed by atoms with Crippen molar-refractivity contribution < 1.29 is 4.74 Å². The molecular weight excluding hydrogens is 224 g/mol. The van der Waals surface area contributed by atoms with E-state index in [0.29, 0.717) is 12.0 Å². The summed E-state index contributed by atoms with van der Waals surface area (Å²) in [6.45, 7) is 8.94. The minimum atomic E-state index is 0.357. The van der Waals surface area contributed by atoms with Crippen molar-refractivity contribution in [3.63, 3.8) is 0 Å². The topological polar surface area (TPSA) is 47.3 Å². The Hall–Kier alpha value is -1.06. The number of nitrogens with one attached hydrogen (secondary N) is 1. The smallest absolute Gasteiger partial charge is 0.119 e. The van der Waals surface area contributed by atoms with E-state index in [1.807, 2.05) is 12.1 Å². The van der Waals surface area contributed by atoms with Crippen molar-refractivity contribution in [1.29, 1.82) is 0 Å². The summed E-state index contributed by atoms with van der Waals surface area (Å²) < 4.78 is 5.66. The van der Waals surface area contributed by atoms with Crippen molar-refractivity contribution in [2.24, 2.45) is 11.7 Å². The van der Waals surface area contributed by atoms with E-state index in [9.17, 15) is 0 Å². The van der Waals surface area contributed by atoms with Crippen LogP contribution in [0.3, 0.4) is 0 Å². The molecule has 0 aliphatic carbocycles. The third-order valence-corrected chi connectivity index (χ3v) is 2.79. The van der Waals surface area contributed by atoms with Crippen LogP contribution in [-0.2, 0) is 0 Å². The number of hydrogen-bond acceptors (Lipinski definition) is 3. The normalized spacial score (nSPS) is 12.7. The molecule has 0 bridgehead atoms. The molecule has 3 nitrogen and oxygen atoms in total. The van der Waals surface area contributed by atoms with Crippen LogP contribution >= 0.6 is 0 Å². The molecule has 0 radical (unpaired) electrons. The van der Waals surface area contributed by atoms with Gasteiger partial charge in [0.25, 0.3) is 0 Å². The second-order valence-electron chi connectivity index (χ2n) is 5.09. The summed E-state index contributed by atoms with van der Waals surface area (Å²) in [6, 6.07) is 8.68. The first-order chi connectivity index (χ1) is 8.63. The van der Waals surface area contributed by atoms with E-state index >= 15 is 0 Å². The van der Waals surface area contributed by atoms with Crippen molar-refractivity contribution in [2.75, 3.05) is 19.7 Å². The van der Waals surface area contributed by atoms with Crippen molar-refractivity contribution in [2.45, 2.75) is 33.2 Å². The summed E-state index contributed by atoms with van der Waals surface area (Å²) in [7, 11) is 0. The molecule has 18 heavy (non-hydrogen) atoms. The zero-order chi connectivity index (χ0) is 13.4. The van der Waals surface area contributed by atoms with Crippen LogP contribution in [0.15, 0.2) is 24.3 Å². The fraction of sp³-hybridized carbons (Fsp3) is 0.600. The molecule has 0 heterocycles. The molecule has 0 aliphatic heterocycles. The van der Waals surface area contributed by atoms with Gasteiger partial charge in [0.2, 0.25) is 0 Å². The average molecular weight is 250 g/mol. The largest absolute Gasteiger partial charge is 0.493 e. The van der Waals surface area contributed by atoms with E-state index < -0.39 is 0 Å². The molecule has 0 fully saturated rings. The molecular formula is C15H26N2O. The van der Waals surface area contributed by atoms with Crippen LogP contribution in [0.5, 0.6) is 5.75 Å². The summed E-state index contributed by atoms with van der Waals surface area (Å²) in [6.07, 6.45) is 1.01. The Balaban J connectivity index is 2.43. The predicted octanol–water partition coefficient (Wildman–Crippen LogP) is 2.72. The first kappa shape index (κ1) is 15.0. The molecule has 1 unspecified atom stereocenters. The molecule has 0 saturated carbocycles. The monoisotopic (exact) mass is 250 g/mol. The molecule has 1 rings (SSSR count). The zero-order valence-corrected chi connectivity index (χ0v) is 11.8. The number of hydrogen-bond donors (Lipinski definition) is 2. The van der Waals surface area contributed by atoms with Gasteiger partial charge in [-0.1, -0.05) is 26.0 Å². The van der Waals surface area contributed by atoms with E-state index in [1.165, 1.54) is 5.56 Å². The predicted molar refractivity (Wildman–Crippen MR) is 76.9 cm³/mol. The lowest BCUT2D eigenvalue weighted by molar-refractivity contribution is 0.271. The Morgan fingerprint density at radius 2 is 1.83 bits per heavy atom. The summed E-state index contributed by atoms with van der Waals surface area (Å²) in [5.41, 5.74) is 6.76. The Kier molecular flexibility index (Phi) is 6.76. The van der Waals surface area contributed by atoms with Gasteiger partial charge < -0.3 is 15.8 Å². The van der Waals surface area contributed by atoms with Gasteiger partial charge in [0.1, 0.15) is 5.75 Å². The third-order valence-electron chi connectivity index (χ3n) is 2.79. The van der Waals surface area contributed by atoms with E-state index in [0.717, 1.165) is 31.9 Å². The number of benzene rings is 1. The van der Waals surface area contributed by atoms with Gasteiger partial charge >= 0.3 is 0 Å². The molecule has 3 N–H and O–H groups in total. The first-order valence-corrected chi connectivity index (χ1v) is 6.79. The Morgan fingerprint density at radius 3 is 2.39 bits per heavy atom. The van der Waals surface area contributed by atoms with E-state index in [1.54, 1.807) is 0 Å². The van der Waals surface area contributed by atoms with E-state index in [2.05, 4.69) is 38.2 Å². The summed E-state index contributed by atoms with van der Waals surface area (Å²) in [5.74, 6) is 1.50. The molecule has 0 amide bonds. The molecule has 1 aromatic carbocycles. The summed E-state index contributed by atoms with van der Waals surface area (Å²) >= 11 is 0. The lowest BCUT2D eigenvalue weighted by Gasteiger charge is -2.15. The summed E-state index contributed by atoms with van der Waals surface area (Å²) in [4.78, 5) is 0. The standard InChI is InChI=1S/C15H26N2O/c1-12(2)11-18-15-7-5-14(6-8-15)13(3)17-10-4-9-16/h5-8,12-13,17H,4,9-11,16H2,1-3H3. The number of rotatable bonds is 8. The van der Waals surface area contributed by atoms with Crippen LogP contribution < -0.4 is 15.8 Å². The van der Waals surface area contributed by atoms with Gasteiger partial charge in [-0.2, -0.15) is 0 Å². The van der Waals surface area contributed by atoms with Crippen molar-refractivity contribution in [3.05, 3.63) is 29.8 Å². The lowest BCUT2D eigenvalue weighted by Crippen LogP contribution is -2.21. The van der Waals surface area contributed by atoms with Crippen molar-refractivity contribution >= 4 is 0 Å². The van der Waals surface area contributed by atoms with Crippen LogP contribution in [0.1, 0.15) is 38.8 Å². The Morgan fingerprint density at radius 1 is 1.17 bits per heavy atom. The van der Waals surface area contributed by atoms with E-state index in [-0.39, 0.29) is 0 Å². The first-order valence-electron chi connectivity index (χ1n) is 6.79. The molecule has 3 heteroatoms. The molecule has 0 spiro atoms. The fourth-order valence-electron chi connectivity index (χ4n) is 1.65. The maximum absolute atomic E-state index is 5.66. The maximum atomic E-state index is 5.66. The second kappa shape index (κ2) is 8.11. The van der Waals surface area contributed by atoms with Gasteiger partial charge in [-0.25, -0.2) is 0 Å². The minimum Gasteiger partial charge on any atom is -0.493 e. The van der Waals surface area contributed by atoms with Crippen LogP contribution in [-0.4, -0.2) is 19.7 Å². The molecule has 0 aromatic heterocycles. The molecule has 1 atom stereocenters. The van der Waals surface area contributed by atoms with Crippen LogP contribution in [0.25, 0.3) is 0 Å². The third kappa shape index (κ3) is 5.52. The molecule has 0 saturated heterocycles. The van der Waals surface area contributed by atoms with Crippen molar-refractivity contribution in [1.82, 2.24) is 5.32 Å². The van der Waals surface area contributed by atoms with Crippen LogP contribution in [0, 0.1) is 5.92 Å². The molecule has 1 aromatic rings. The van der Waals surface area contributed by atoms with Gasteiger partial charge in [0.15, 0.2) is 0 Å². The molecule has 0 aliphatic rings. The molecule has 102 valence electrons. The van der Waals surface area contributed by atoms with Gasteiger partial charge in [-0.15, -0.1) is 0 Å². The second-order valence-corrected chi connectivity index (χ2v) is 5.09. The Bertz CT molecular complexity index is 322. The highest BCUT2D eigenvalue weighted by atomic mass is 16.5. The van der Waals surface area contributed by atoms with E-state index in [4.69, 9.17) is 10.5 Å². The summed E-state index contributed by atoms with van der Waals surface area (Å²) in [5, 5.41) is 3.45. The lowest BCUT2D eigenvalue weighted by atomic mass is 10.1. The SMILES string of the molecule is CC(C)COc1ccc(C(C)NCCCN)cc1. The quantitative estimate of drug-likeness (QED) is 0.697. The average Bonchev–Trinajstić information content (AvgIpc) is 2.37. The van der Waals surface area contributed by atoms with Gasteiger partial charge in [0, 0.05) is 6.04 Å². The highest BCUT2D eigenvalue weighted by Crippen LogP contribution is 2.18. The minimum absolute atomic E-state index is 0.357. The fourth-order valence-corrected chi connectivity index (χ4v) is 1.65. The maximum Gasteiger partial charge on any atom is 0.119 e.